The molecule has 1 aliphatic rings. The molecular weight excluding hydrogens is 344 g/mol. The molecule has 0 radical (unpaired) electrons. The molecule has 0 atom stereocenters. The first-order valence-electron chi connectivity index (χ1n) is 8.11. The first-order chi connectivity index (χ1) is 12.7. The number of Topliss-reactive ketones (excluding diaryl/α,β-unsaturated/α-hetero) is 1. The van der Waals surface area contributed by atoms with Crippen LogP contribution in [0.1, 0.15) is 26.3 Å². The van der Waals surface area contributed by atoms with E-state index in [1.807, 2.05) is 48.5 Å². The number of thioether (sulfide) groups is 1. The van der Waals surface area contributed by atoms with E-state index in [0.29, 0.717) is 16.2 Å². The number of carbonyl (C=O) groups is 2. The molecule has 3 nitrogen and oxygen atoms in total. The highest BCUT2D eigenvalue weighted by Crippen LogP contribution is 2.40. The molecule has 3 aromatic carbocycles. The van der Waals surface area contributed by atoms with Crippen LogP contribution in [0.3, 0.4) is 0 Å². The summed E-state index contributed by atoms with van der Waals surface area (Å²) >= 11 is 1.48. The van der Waals surface area contributed by atoms with E-state index in [1.54, 1.807) is 36.4 Å². The number of rotatable bonds is 3. The third-order valence-electron chi connectivity index (χ3n) is 3.97. The van der Waals surface area contributed by atoms with Crippen LogP contribution in [0.4, 0.5) is 0 Å². The monoisotopic (exact) mass is 358 g/mol. The summed E-state index contributed by atoms with van der Waals surface area (Å²) in [7, 11) is 0. The lowest BCUT2D eigenvalue weighted by Gasteiger charge is -2.04. The molecule has 0 saturated heterocycles. The summed E-state index contributed by atoms with van der Waals surface area (Å²) in [6.45, 7) is 0. The Bertz CT molecular complexity index is 1010. The molecule has 0 fully saturated rings. The van der Waals surface area contributed by atoms with Crippen molar-refractivity contribution in [3.8, 4) is 5.75 Å². The summed E-state index contributed by atoms with van der Waals surface area (Å²) in [6.07, 6.45) is 1.86. The Morgan fingerprint density at radius 1 is 0.846 bits per heavy atom. The average Bonchev–Trinajstić information content (AvgIpc) is 3.00. The number of fused-ring (bicyclic) bond motifs is 1. The van der Waals surface area contributed by atoms with E-state index in [9.17, 15) is 9.59 Å². The maximum atomic E-state index is 12.4. The third-order valence-corrected chi connectivity index (χ3v) is 5.07. The van der Waals surface area contributed by atoms with Crippen molar-refractivity contribution in [2.75, 3.05) is 0 Å². The molecule has 0 aromatic heterocycles. The minimum Gasteiger partial charge on any atom is -0.423 e. The predicted octanol–water partition coefficient (Wildman–Crippen LogP) is 5.24. The molecular formula is C22H14O3S. The quantitative estimate of drug-likeness (QED) is 0.365. The predicted molar refractivity (Wildman–Crippen MR) is 102 cm³/mol. The number of ketones is 1. The zero-order valence-corrected chi connectivity index (χ0v) is 14.5. The normalized spacial score (nSPS) is 14.3. The standard InChI is InChI=1S/C22H14O3S/c23-21-18-8-4-5-9-19(18)26-20(21)14-15-10-12-17(13-11-15)25-22(24)16-6-2-1-3-7-16/h1-14H/b20-14+. The summed E-state index contributed by atoms with van der Waals surface area (Å²) in [6, 6.07) is 23.6. The first kappa shape index (κ1) is 16.4. The second-order valence-electron chi connectivity index (χ2n) is 5.76. The highest BCUT2D eigenvalue weighted by atomic mass is 32.2. The number of hydrogen-bond donors (Lipinski definition) is 0. The number of esters is 1. The smallest absolute Gasteiger partial charge is 0.343 e. The lowest BCUT2D eigenvalue weighted by Crippen LogP contribution is -2.07. The van der Waals surface area contributed by atoms with Gasteiger partial charge in [0.25, 0.3) is 0 Å². The van der Waals surface area contributed by atoms with E-state index in [1.165, 1.54) is 11.8 Å². The van der Waals surface area contributed by atoms with Crippen LogP contribution in [-0.2, 0) is 0 Å². The summed E-state index contributed by atoms with van der Waals surface area (Å²) in [4.78, 5) is 26.2. The fraction of sp³-hybridized carbons (Fsp3) is 0. The van der Waals surface area contributed by atoms with Gasteiger partial charge in [-0.3, -0.25) is 4.79 Å². The van der Waals surface area contributed by atoms with Gasteiger partial charge in [0.05, 0.1) is 10.5 Å². The van der Waals surface area contributed by atoms with Gasteiger partial charge in [0, 0.05) is 10.5 Å². The Hall–Kier alpha value is -3.11. The summed E-state index contributed by atoms with van der Waals surface area (Å²) in [5.41, 5.74) is 2.13. The molecule has 0 N–H and O–H groups in total. The van der Waals surface area contributed by atoms with Crippen LogP contribution in [0, 0.1) is 0 Å². The SMILES string of the molecule is O=C(Oc1ccc(/C=C2/Sc3ccccc3C2=O)cc1)c1ccccc1. The largest absolute Gasteiger partial charge is 0.423 e. The lowest BCUT2D eigenvalue weighted by atomic mass is 10.1. The summed E-state index contributed by atoms with van der Waals surface area (Å²) in [5.74, 6) is 0.119. The maximum Gasteiger partial charge on any atom is 0.343 e. The van der Waals surface area contributed by atoms with Crippen LogP contribution in [0.2, 0.25) is 0 Å². The van der Waals surface area contributed by atoms with Crippen molar-refractivity contribution in [3.63, 3.8) is 0 Å². The van der Waals surface area contributed by atoms with Crippen molar-refractivity contribution in [2.24, 2.45) is 0 Å². The van der Waals surface area contributed by atoms with Crippen molar-refractivity contribution < 1.29 is 14.3 Å². The summed E-state index contributed by atoms with van der Waals surface area (Å²) < 4.78 is 5.37. The van der Waals surface area contributed by atoms with Crippen LogP contribution < -0.4 is 4.74 Å². The van der Waals surface area contributed by atoms with E-state index < -0.39 is 5.97 Å². The van der Waals surface area contributed by atoms with Crippen LogP contribution in [0.5, 0.6) is 5.75 Å². The topological polar surface area (TPSA) is 43.4 Å². The average molecular weight is 358 g/mol. The zero-order valence-electron chi connectivity index (χ0n) is 13.7. The number of hydrogen-bond acceptors (Lipinski definition) is 4. The molecule has 26 heavy (non-hydrogen) atoms. The van der Waals surface area contributed by atoms with Gasteiger partial charge in [-0.25, -0.2) is 4.79 Å². The maximum absolute atomic E-state index is 12.4. The zero-order chi connectivity index (χ0) is 17.9. The Morgan fingerprint density at radius 2 is 1.54 bits per heavy atom. The van der Waals surface area contributed by atoms with Crippen molar-refractivity contribution in [1.29, 1.82) is 0 Å². The molecule has 0 saturated carbocycles. The molecule has 0 unspecified atom stereocenters. The Labute approximate surface area is 155 Å². The van der Waals surface area contributed by atoms with Crippen molar-refractivity contribution in [1.82, 2.24) is 0 Å². The van der Waals surface area contributed by atoms with Crippen LogP contribution in [0.25, 0.3) is 6.08 Å². The first-order valence-corrected chi connectivity index (χ1v) is 8.93. The second-order valence-corrected chi connectivity index (χ2v) is 6.84. The van der Waals surface area contributed by atoms with Crippen molar-refractivity contribution in [2.45, 2.75) is 4.90 Å². The number of allylic oxidation sites excluding steroid dienone is 1. The molecule has 0 bridgehead atoms. The third kappa shape index (κ3) is 3.32. The van der Waals surface area contributed by atoms with Gasteiger partial charge < -0.3 is 4.74 Å². The van der Waals surface area contributed by atoms with Gasteiger partial charge in [-0.2, -0.15) is 0 Å². The fourth-order valence-corrected chi connectivity index (χ4v) is 3.71. The summed E-state index contributed by atoms with van der Waals surface area (Å²) in [5, 5.41) is 0. The van der Waals surface area contributed by atoms with Crippen molar-refractivity contribution in [3.05, 3.63) is 100 Å². The minimum absolute atomic E-state index is 0.0465. The highest BCUT2D eigenvalue weighted by molar-refractivity contribution is 8.04. The molecule has 1 aliphatic heterocycles. The minimum atomic E-state index is -0.395. The van der Waals surface area contributed by atoms with Crippen LogP contribution in [-0.4, -0.2) is 11.8 Å². The number of carbonyl (C=O) groups excluding carboxylic acids is 2. The Morgan fingerprint density at radius 3 is 2.27 bits per heavy atom. The van der Waals surface area contributed by atoms with E-state index in [4.69, 9.17) is 4.74 Å². The van der Waals surface area contributed by atoms with E-state index in [2.05, 4.69) is 0 Å². The van der Waals surface area contributed by atoms with Gasteiger partial charge in [0.15, 0.2) is 0 Å². The fourth-order valence-electron chi connectivity index (χ4n) is 2.66. The molecule has 4 rings (SSSR count). The molecule has 3 aromatic rings. The molecule has 4 heteroatoms. The molecule has 0 aliphatic carbocycles. The van der Waals surface area contributed by atoms with Gasteiger partial charge in [-0.1, -0.05) is 54.2 Å². The van der Waals surface area contributed by atoms with Crippen molar-refractivity contribution >= 4 is 29.6 Å². The molecule has 0 amide bonds. The van der Waals surface area contributed by atoms with E-state index in [0.717, 1.165) is 16.0 Å². The molecule has 1 heterocycles. The Kier molecular flexibility index (Phi) is 4.42. The molecule has 0 spiro atoms. The van der Waals surface area contributed by atoms with Gasteiger partial charge in [-0.05, 0) is 48.0 Å². The van der Waals surface area contributed by atoms with Crippen LogP contribution >= 0.6 is 11.8 Å². The van der Waals surface area contributed by atoms with E-state index >= 15 is 0 Å². The molecule has 126 valence electrons. The lowest BCUT2D eigenvalue weighted by molar-refractivity contribution is 0.0734. The number of ether oxygens (including phenoxy) is 1. The van der Waals surface area contributed by atoms with Crippen LogP contribution in [0.15, 0.2) is 88.7 Å². The highest BCUT2D eigenvalue weighted by Gasteiger charge is 2.25. The van der Waals surface area contributed by atoms with Gasteiger partial charge in [-0.15, -0.1) is 0 Å². The second kappa shape index (κ2) is 7.02. The van der Waals surface area contributed by atoms with Gasteiger partial charge >= 0.3 is 5.97 Å². The van der Waals surface area contributed by atoms with E-state index in [-0.39, 0.29) is 5.78 Å². The Balaban J connectivity index is 1.49. The number of benzene rings is 3. The van der Waals surface area contributed by atoms with Gasteiger partial charge in [0.1, 0.15) is 5.75 Å². The van der Waals surface area contributed by atoms with Gasteiger partial charge in [0.2, 0.25) is 5.78 Å².